The van der Waals surface area contributed by atoms with Gasteiger partial charge in [-0.05, 0) is 31.5 Å². The number of aromatic nitrogens is 4. The summed E-state index contributed by atoms with van der Waals surface area (Å²) in [5.41, 5.74) is 5.11. The van der Waals surface area contributed by atoms with Gasteiger partial charge in [0.25, 0.3) is 0 Å². The van der Waals surface area contributed by atoms with Crippen molar-refractivity contribution in [2.24, 2.45) is 7.05 Å². The summed E-state index contributed by atoms with van der Waals surface area (Å²) in [4.78, 5) is 15.1. The summed E-state index contributed by atoms with van der Waals surface area (Å²) in [5.74, 6) is 0.783. The van der Waals surface area contributed by atoms with Crippen LogP contribution in [-0.4, -0.2) is 46.8 Å². The van der Waals surface area contributed by atoms with Crippen molar-refractivity contribution in [1.82, 2.24) is 24.8 Å². The number of imidazole rings is 1. The molecule has 0 aliphatic rings. The predicted molar refractivity (Wildman–Crippen MR) is 120 cm³/mol. The minimum absolute atomic E-state index is 0.263. The molecule has 0 saturated heterocycles. The molecule has 8 heteroatoms. The normalized spacial score (nSPS) is 12.7. The maximum atomic E-state index is 5.12. The molecular formula is C21H26N6OS. The fourth-order valence-electron chi connectivity index (χ4n) is 3.47. The standard InChI is InChI=1S/C21H26N6OS/c1-13(23-9-6-10-28-4)14-7-5-8-15(11-14)20-25-17-18-16(24-12-27(18)3)19(22-2)26-21(17)29-20/h5,7-8,11-13,23H,6,9-10H2,1-4H3,(H,22,26). The molecule has 0 saturated carbocycles. The van der Waals surface area contributed by atoms with Crippen molar-refractivity contribution in [1.29, 1.82) is 0 Å². The number of hydrogen-bond acceptors (Lipinski definition) is 7. The number of methoxy groups -OCH3 is 1. The van der Waals surface area contributed by atoms with E-state index in [0.29, 0.717) is 0 Å². The molecule has 1 unspecified atom stereocenters. The van der Waals surface area contributed by atoms with E-state index in [1.165, 1.54) is 5.56 Å². The second-order valence-corrected chi connectivity index (χ2v) is 8.06. The Labute approximate surface area is 174 Å². The number of nitrogens with zero attached hydrogens (tertiary/aromatic N) is 4. The zero-order valence-corrected chi connectivity index (χ0v) is 18.0. The quantitative estimate of drug-likeness (QED) is 0.428. The van der Waals surface area contributed by atoms with Crippen molar-refractivity contribution in [2.75, 3.05) is 32.6 Å². The highest BCUT2D eigenvalue weighted by Gasteiger charge is 2.17. The monoisotopic (exact) mass is 410 g/mol. The van der Waals surface area contributed by atoms with E-state index >= 15 is 0 Å². The Bertz CT molecular complexity index is 1140. The van der Waals surface area contributed by atoms with Gasteiger partial charge in [-0.15, -0.1) is 0 Å². The van der Waals surface area contributed by atoms with E-state index in [1.807, 2.05) is 25.0 Å². The molecule has 29 heavy (non-hydrogen) atoms. The van der Waals surface area contributed by atoms with E-state index in [0.717, 1.165) is 57.3 Å². The molecule has 4 aromatic rings. The van der Waals surface area contributed by atoms with Crippen LogP contribution in [0.2, 0.25) is 0 Å². The highest BCUT2D eigenvalue weighted by Crippen LogP contribution is 2.35. The van der Waals surface area contributed by atoms with Gasteiger partial charge in [0, 0.05) is 39.4 Å². The Morgan fingerprint density at radius 1 is 1.24 bits per heavy atom. The van der Waals surface area contributed by atoms with Crippen molar-refractivity contribution in [2.45, 2.75) is 19.4 Å². The van der Waals surface area contributed by atoms with Crippen molar-refractivity contribution in [3.63, 3.8) is 0 Å². The van der Waals surface area contributed by atoms with Gasteiger partial charge < -0.3 is 19.9 Å². The summed E-state index contributed by atoms with van der Waals surface area (Å²) >= 11 is 1.61. The number of nitrogens with one attached hydrogen (secondary N) is 2. The maximum absolute atomic E-state index is 5.12. The largest absolute Gasteiger partial charge is 0.385 e. The van der Waals surface area contributed by atoms with Crippen LogP contribution in [0.25, 0.3) is 32.0 Å². The Balaban J connectivity index is 1.68. The second kappa shape index (κ2) is 8.44. The van der Waals surface area contributed by atoms with Crippen LogP contribution < -0.4 is 10.6 Å². The number of thiazole rings is 1. The van der Waals surface area contributed by atoms with Crippen molar-refractivity contribution >= 4 is 38.5 Å². The van der Waals surface area contributed by atoms with Crippen LogP contribution in [0.15, 0.2) is 30.6 Å². The second-order valence-electron chi connectivity index (χ2n) is 7.08. The van der Waals surface area contributed by atoms with Gasteiger partial charge in [-0.25, -0.2) is 15.0 Å². The van der Waals surface area contributed by atoms with Gasteiger partial charge in [0.1, 0.15) is 26.4 Å². The Kier molecular flexibility index (Phi) is 5.75. The summed E-state index contributed by atoms with van der Waals surface area (Å²) in [6, 6.07) is 8.83. The summed E-state index contributed by atoms with van der Waals surface area (Å²) in [6.07, 6.45) is 2.81. The first-order chi connectivity index (χ1) is 14.1. The zero-order chi connectivity index (χ0) is 20.4. The summed E-state index contributed by atoms with van der Waals surface area (Å²) in [5, 5.41) is 7.67. The number of ether oxygens (including phenoxy) is 1. The van der Waals surface area contributed by atoms with E-state index in [9.17, 15) is 0 Å². The topological polar surface area (TPSA) is 76.9 Å². The minimum atomic E-state index is 0.263. The van der Waals surface area contributed by atoms with E-state index in [-0.39, 0.29) is 6.04 Å². The van der Waals surface area contributed by atoms with Gasteiger partial charge in [0.2, 0.25) is 0 Å². The molecular weight excluding hydrogens is 384 g/mol. The lowest BCUT2D eigenvalue weighted by molar-refractivity contribution is 0.193. The summed E-state index contributed by atoms with van der Waals surface area (Å²) < 4.78 is 7.13. The minimum Gasteiger partial charge on any atom is -0.385 e. The molecule has 0 bridgehead atoms. The third kappa shape index (κ3) is 3.83. The fraction of sp³-hybridized carbons (Fsp3) is 0.381. The van der Waals surface area contributed by atoms with Crippen LogP contribution in [0.5, 0.6) is 0 Å². The SMILES string of the molecule is CNc1nc2sc(-c3cccc(C(C)NCCCOC)c3)nc2c2c1ncn2C. The number of fused-ring (bicyclic) bond motifs is 3. The molecule has 0 fully saturated rings. The third-order valence-corrected chi connectivity index (χ3v) is 6.05. The Hall–Kier alpha value is -2.55. The first-order valence-corrected chi connectivity index (χ1v) is 10.6. The molecule has 1 aromatic carbocycles. The molecule has 152 valence electrons. The summed E-state index contributed by atoms with van der Waals surface area (Å²) in [6.45, 7) is 3.88. The number of rotatable bonds is 8. The smallest absolute Gasteiger partial charge is 0.155 e. The van der Waals surface area contributed by atoms with Gasteiger partial charge in [0.05, 0.1) is 6.33 Å². The highest BCUT2D eigenvalue weighted by atomic mass is 32.1. The van der Waals surface area contributed by atoms with Gasteiger partial charge >= 0.3 is 0 Å². The number of benzene rings is 1. The number of aryl methyl sites for hydroxylation is 1. The molecule has 3 aromatic heterocycles. The molecule has 0 spiro atoms. The van der Waals surface area contributed by atoms with E-state index in [4.69, 9.17) is 14.7 Å². The predicted octanol–water partition coefficient (Wildman–Crippen LogP) is 3.97. The Morgan fingerprint density at radius 3 is 2.90 bits per heavy atom. The molecule has 1 atom stereocenters. The average Bonchev–Trinajstić information content (AvgIpc) is 3.34. The lowest BCUT2D eigenvalue weighted by Gasteiger charge is -2.14. The molecule has 0 aliphatic heterocycles. The number of pyridine rings is 1. The van der Waals surface area contributed by atoms with Crippen LogP contribution in [0, 0.1) is 0 Å². The highest BCUT2D eigenvalue weighted by molar-refractivity contribution is 7.21. The van der Waals surface area contributed by atoms with Crippen molar-refractivity contribution in [3.05, 3.63) is 36.2 Å². The lowest BCUT2D eigenvalue weighted by Crippen LogP contribution is -2.20. The maximum Gasteiger partial charge on any atom is 0.155 e. The molecule has 0 amide bonds. The van der Waals surface area contributed by atoms with Crippen LogP contribution in [-0.2, 0) is 11.8 Å². The van der Waals surface area contributed by atoms with Gasteiger partial charge in [-0.3, -0.25) is 0 Å². The number of anilines is 1. The van der Waals surface area contributed by atoms with Crippen LogP contribution in [0.3, 0.4) is 0 Å². The van der Waals surface area contributed by atoms with Crippen LogP contribution in [0.1, 0.15) is 24.9 Å². The number of hydrogen-bond donors (Lipinski definition) is 2. The van der Waals surface area contributed by atoms with E-state index in [2.05, 4.69) is 46.8 Å². The molecule has 7 nitrogen and oxygen atoms in total. The van der Waals surface area contributed by atoms with Gasteiger partial charge in [-0.1, -0.05) is 29.5 Å². The van der Waals surface area contributed by atoms with Gasteiger partial charge in [-0.2, -0.15) is 0 Å². The zero-order valence-electron chi connectivity index (χ0n) is 17.2. The fourth-order valence-corrected chi connectivity index (χ4v) is 4.41. The third-order valence-electron chi connectivity index (χ3n) is 5.05. The first kappa shape index (κ1) is 19.8. The van der Waals surface area contributed by atoms with Crippen molar-refractivity contribution < 1.29 is 4.74 Å². The lowest BCUT2D eigenvalue weighted by atomic mass is 10.1. The van der Waals surface area contributed by atoms with Crippen LogP contribution >= 0.6 is 11.3 Å². The first-order valence-electron chi connectivity index (χ1n) is 9.74. The van der Waals surface area contributed by atoms with Crippen LogP contribution in [0.4, 0.5) is 5.82 Å². The molecule has 4 rings (SSSR count). The Morgan fingerprint density at radius 2 is 2.10 bits per heavy atom. The van der Waals surface area contributed by atoms with Gasteiger partial charge in [0.15, 0.2) is 5.82 Å². The van der Waals surface area contributed by atoms with E-state index < -0.39 is 0 Å². The van der Waals surface area contributed by atoms with E-state index in [1.54, 1.807) is 18.4 Å². The summed E-state index contributed by atoms with van der Waals surface area (Å²) in [7, 11) is 5.60. The molecule has 2 N–H and O–H groups in total. The molecule has 3 heterocycles. The molecule has 0 radical (unpaired) electrons. The molecule has 0 aliphatic carbocycles. The van der Waals surface area contributed by atoms with Crippen molar-refractivity contribution in [3.8, 4) is 10.6 Å². The average molecular weight is 411 g/mol.